The summed E-state index contributed by atoms with van der Waals surface area (Å²) >= 11 is 0. The molecule has 0 radical (unpaired) electrons. The summed E-state index contributed by atoms with van der Waals surface area (Å²) in [7, 11) is 0. The van der Waals surface area contributed by atoms with Gasteiger partial charge in [0.1, 0.15) is 6.10 Å². The van der Waals surface area contributed by atoms with Gasteiger partial charge in [0.05, 0.1) is 17.8 Å². The molecular weight excluding hydrogens is 264 g/mol. The maximum Gasteiger partial charge on any atom is 0.338 e. The number of allylic oxidation sites excluding steroid dienone is 2. The van der Waals surface area contributed by atoms with E-state index in [0.29, 0.717) is 5.56 Å². The van der Waals surface area contributed by atoms with E-state index in [9.17, 15) is 4.79 Å². The zero-order valence-corrected chi connectivity index (χ0v) is 12.8. The Bertz CT molecular complexity index is 467. The summed E-state index contributed by atoms with van der Waals surface area (Å²) in [5.41, 5.74) is 0.599. The molecule has 1 aromatic carbocycles. The van der Waals surface area contributed by atoms with Crippen LogP contribution in [0, 0.1) is 0 Å². The molecule has 0 aromatic heterocycles. The monoisotopic (exact) mass is 288 g/mol. The third-order valence-electron chi connectivity index (χ3n) is 3.67. The summed E-state index contributed by atoms with van der Waals surface area (Å²) in [5, 5.41) is 0. The number of esters is 1. The van der Waals surface area contributed by atoms with Crippen LogP contribution in [0.1, 0.15) is 49.9 Å². The van der Waals surface area contributed by atoms with Crippen LogP contribution in [0.4, 0.5) is 0 Å². The molecule has 0 N–H and O–H groups in total. The van der Waals surface area contributed by atoms with Crippen molar-refractivity contribution in [3.8, 4) is 0 Å². The molecule has 3 atom stereocenters. The first kappa shape index (κ1) is 15.8. The van der Waals surface area contributed by atoms with Crippen molar-refractivity contribution in [3.05, 3.63) is 48.0 Å². The third kappa shape index (κ3) is 4.71. The van der Waals surface area contributed by atoms with Crippen LogP contribution in [0.3, 0.4) is 0 Å². The van der Waals surface area contributed by atoms with Crippen molar-refractivity contribution in [2.45, 2.75) is 57.8 Å². The average Bonchev–Trinajstić information content (AvgIpc) is 2.84. The topological polar surface area (TPSA) is 35.5 Å². The lowest BCUT2D eigenvalue weighted by Crippen LogP contribution is -2.27. The molecular formula is C18H24O3. The van der Waals surface area contributed by atoms with Crippen LogP contribution < -0.4 is 0 Å². The molecule has 3 heteroatoms. The van der Waals surface area contributed by atoms with Crippen LogP contribution in [-0.4, -0.2) is 24.3 Å². The molecule has 1 heterocycles. The molecule has 1 aliphatic heterocycles. The van der Waals surface area contributed by atoms with Crippen LogP contribution in [-0.2, 0) is 9.47 Å². The van der Waals surface area contributed by atoms with Crippen molar-refractivity contribution in [1.29, 1.82) is 0 Å². The molecule has 1 aromatic rings. The lowest BCUT2D eigenvalue weighted by molar-refractivity contribution is -0.0114. The maximum absolute atomic E-state index is 12.1. The predicted molar refractivity (Wildman–Crippen MR) is 83.3 cm³/mol. The quantitative estimate of drug-likeness (QED) is 0.583. The Labute approximate surface area is 127 Å². The van der Waals surface area contributed by atoms with Crippen LogP contribution >= 0.6 is 0 Å². The van der Waals surface area contributed by atoms with E-state index in [1.165, 1.54) is 0 Å². The number of ether oxygens (including phenoxy) is 2. The first-order valence-corrected chi connectivity index (χ1v) is 7.77. The summed E-state index contributed by atoms with van der Waals surface area (Å²) in [5.74, 6) is -0.257. The fourth-order valence-corrected chi connectivity index (χ4v) is 2.62. The number of hydrogen-bond acceptors (Lipinski definition) is 3. The Morgan fingerprint density at radius 3 is 2.81 bits per heavy atom. The molecule has 0 bridgehead atoms. The first-order chi connectivity index (χ1) is 10.2. The lowest BCUT2D eigenvalue weighted by atomic mass is 10.1. The minimum Gasteiger partial charge on any atom is -0.456 e. The van der Waals surface area contributed by atoms with Gasteiger partial charge in [-0.15, -0.1) is 0 Å². The fraction of sp³-hybridized carbons (Fsp3) is 0.500. The van der Waals surface area contributed by atoms with Gasteiger partial charge in [0, 0.05) is 6.42 Å². The number of benzene rings is 1. The number of rotatable bonds is 6. The maximum atomic E-state index is 12.1. The second-order valence-electron chi connectivity index (χ2n) is 5.49. The highest BCUT2D eigenvalue weighted by atomic mass is 16.6. The first-order valence-electron chi connectivity index (χ1n) is 7.77. The fourth-order valence-electron chi connectivity index (χ4n) is 2.62. The van der Waals surface area contributed by atoms with E-state index < -0.39 is 0 Å². The van der Waals surface area contributed by atoms with Gasteiger partial charge in [0.2, 0.25) is 0 Å². The minimum atomic E-state index is -0.257. The van der Waals surface area contributed by atoms with Gasteiger partial charge in [-0.3, -0.25) is 0 Å². The SMILES string of the molecule is CC/C=C\CC[C@@H]1O[C@H](C)C[C@@H]1OC(=O)c1ccccc1. The minimum absolute atomic E-state index is 0.00849. The molecule has 0 spiro atoms. The Morgan fingerprint density at radius 1 is 1.33 bits per heavy atom. The molecule has 1 aliphatic rings. The van der Waals surface area contributed by atoms with Gasteiger partial charge in [-0.05, 0) is 38.3 Å². The van der Waals surface area contributed by atoms with Crippen molar-refractivity contribution >= 4 is 5.97 Å². The van der Waals surface area contributed by atoms with Crippen molar-refractivity contribution in [3.63, 3.8) is 0 Å². The molecule has 0 amide bonds. The average molecular weight is 288 g/mol. The second-order valence-corrected chi connectivity index (χ2v) is 5.49. The van der Waals surface area contributed by atoms with Crippen LogP contribution in [0.25, 0.3) is 0 Å². The van der Waals surface area contributed by atoms with Gasteiger partial charge in [-0.1, -0.05) is 37.3 Å². The van der Waals surface area contributed by atoms with E-state index in [1.807, 2.05) is 25.1 Å². The van der Waals surface area contributed by atoms with Crippen molar-refractivity contribution in [2.75, 3.05) is 0 Å². The Hall–Kier alpha value is -1.61. The van der Waals surface area contributed by atoms with Gasteiger partial charge in [-0.25, -0.2) is 4.79 Å². The molecule has 1 fully saturated rings. The molecule has 114 valence electrons. The summed E-state index contributed by atoms with van der Waals surface area (Å²) in [4.78, 5) is 12.1. The number of carbonyl (C=O) groups excluding carboxylic acids is 1. The number of carbonyl (C=O) groups is 1. The summed E-state index contributed by atoms with van der Waals surface area (Å²) < 4.78 is 11.5. The zero-order valence-electron chi connectivity index (χ0n) is 12.8. The normalized spacial score (nSPS) is 25.3. The Morgan fingerprint density at radius 2 is 2.10 bits per heavy atom. The Kier molecular flexibility index (Phi) is 6.00. The van der Waals surface area contributed by atoms with Gasteiger partial charge in [0.25, 0.3) is 0 Å². The molecule has 0 unspecified atom stereocenters. The largest absolute Gasteiger partial charge is 0.456 e. The molecule has 1 saturated heterocycles. The standard InChI is InChI=1S/C18H24O3/c1-3-4-5-9-12-16-17(13-14(2)20-16)21-18(19)15-10-7-6-8-11-15/h4-8,10-11,14,16-17H,3,9,12-13H2,1-2H3/b5-4-/t14-,16+,17+/m1/s1. The summed E-state index contributed by atoms with van der Waals surface area (Å²) in [6.07, 6.45) is 8.04. The van der Waals surface area contributed by atoms with Crippen molar-refractivity contribution < 1.29 is 14.3 Å². The molecule has 0 aliphatic carbocycles. The van der Waals surface area contributed by atoms with Gasteiger partial charge in [-0.2, -0.15) is 0 Å². The van der Waals surface area contributed by atoms with Gasteiger partial charge < -0.3 is 9.47 Å². The highest BCUT2D eigenvalue weighted by Gasteiger charge is 2.35. The van der Waals surface area contributed by atoms with E-state index in [2.05, 4.69) is 19.1 Å². The highest BCUT2D eigenvalue weighted by molar-refractivity contribution is 5.89. The molecule has 2 rings (SSSR count). The highest BCUT2D eigenvalue weighted by Crippen LogP contribution is 2.27. The van der Waals surface area contributed by atoms with Crippen LogP contribution in [0.5, 0.6) is 0 Å². The van der Waals surface area contributed by atoms with E-state index in [-0.39, 0.29) is 24.3 Å². The van der Waals surface area contributed by atoms with E-state index in [0.717, 1.165) is 25.7 Å². The molecule has 0 saturated carbocycles. The zero-order chi connectivity index (χ0) is 15.1. The van der Waals surface area contributed by atoms with E-state index >= 15 is 0 Å². The predicted octanol–water partition coefficient (Wildman–Crippen LogP) is 4.14. The molecule has 21 heavy (non-hydrogen) atoms. The Balaban J connectivity index is 1.90. The lowest BCUT2D eigenvalue weighted by Gasteiger charge is -2.18. The van der Waals surface area contributed by atoms with Crippen molar-refractivity contribution in [1.82, 2.24) is 0 Å². The second kappa shape index (κ2) is 7.99. The van der Waals surface area contributed by atoms with Gasteiger partial charge >= 0.3 is 5.97 Å². The van der Waals surface area contributed by atoms with Gasteiger partial charge in [0.15, 0.2) is 0 Å². The summed E-state index contributed by atoms with van der Waals surface area (Å²) in [6, 6.07) is 9.14. The molecule has 3 nitrogen and oxygen atoms in total. The third-order valence-corrected chi connectivity index (χ3v) is 3.67. The van der Waals surface area contributed by atoms with Crippen LogP contribution in [0.2, 0.25) is 0 Å². The van der Waals surface area contributed by atoms with E-state index in [1.54, 1.807) is 12.1 Å². The van der Waals surface area contributed by atoms with Crippen LogP contribution in [0.15, 0.2) is 42.5 Å². The smallest absolute Gasteiger partial charge is 0.338 e. The number of hydrogen-bond donors (Lipinski definition) is 0. The van der Waals surface area contributed by atoms with E-state index in [4.69, 9.17) is 9.47 Å². The van der Waals surface area contributed by atoms with Crippen molar-refractivity contribution in [2.24, 2.45) is 0 Å². The summed E-state index contributed by atoms with van der Waals surface area (Å²) in [6.45, 7) is 4.15.